The molecule has 1 aliphatic rings. The minimum atomic E-state index is -0.823. The molecule has 1 fully saturated rings. The summed E-state index contributed by atoms with van der Waals surface area (Å²) < 4.78 is 11.8. The van der Waals surface area contributed by atoms with Crippen LogP contribution in [0.3, 0.4) is 0 Å². The first-order valence-corrected chi connectivity index (χ1v) is 10.4. The lowest BCUT2D eigenvalue weighted by Gasteiger charge is -2.30. The molecule has 0 aromatic heterocycles. The summed E-state index contributed by atoms with van der Waals surface area (Å²) in [6.07, 6.45) is 2.79. The predicted octanol–water partition coefficient (Wildman–Crippen LogP) is 6.01. The molecule has 0 aliphatic carbocycles. The van der Waals surface area contributed by atoms with Gasteiger partial charge in [-0.1, -0.05) is 74.0 Å². The van der Waals surface area contributed by atoms with Gasteiger partial charge in [0, 0.05) is 12.8 Å². The fraction of sp³-hybridized carbons (Fsp3) is 0.458. The van der Waals surface area contributed by atoms with Crippen molar-refractivity contribution in [3.05, 3.63) is 71.8 Å². The molecule has 2 aromatic rings. The Kier molecular flexibility index (Phi) is 7.29. The maximum absolute atomic E-state index is 13.0. The van der Waals surface area contributed by atoms with Crippen LogP contribution in [-0.2, 0) is 20.9 Å². The number of benzene rings is 2. The third-order valence-corrected chi connectivity index (χ3v) is 4.98. The molecule has 1 amide bonds. The van der Waals surface area contributed by atoms with Crippen LogP contribution >= 0.6 is 0 Å². The molecular weight excluding hydrogens is 366 g/mol. The molecule has 2 atom stereocenters. The van der Waals surface area contributed by atoms with Gasteiger partial charge in [0.05, 0.1) is 12.1 Å². The van der Waals surface area contributed by atoms with Crippen molar-refractivity contribution in [1.82, 2.24) is 5.06 Å². The van der Waals surface area contributed by atoms with Crippen LogP contribution < -0.4 is 0 Å². The largest absolute Gasteiger partial charge is 0.443 e. The maximum Gasteiger partial charge on any atom is 0.434 e. The van der Waals surface area contributed by atoms with Crippen LogP contribution in [0.5, 0.6) is 0 Å². The number of carbonyl (C=O) groups excluding carboxylic acids is 1. The molecule has 1 heterocycles. The predicted molar refractivity (Wildman–Crippen MR) is 112 cm³/mol. The number of unbranched alkanes of at least 4 members (excludes halogenated alkanes) is 1. The van der Waals surface area contributed by atoms with E-state index >= 15 is 0 Å². The van der Waals surface area contributed by atoms with E-state index in [4.69, 9.17) is 14.3 Å². The zero-order valence-corrected chi connectivity index (χ0v) is 17.5. The lowest BCUT2D eigenvalue weighted by Crippen LogP contribution is -2.38. The van der Waals surface area contributed by atoms with Gasteiger partial charge in [0.2, 0.25) is 0 Å². The molecule has 0 unspecified atom stereocenters. The van der Waals surface area contributed by atoms with Crippen LogP contribution in [0.4, 0.5) is 4.79 Å². The highest BCUT2D eigenvalue weighted by Gasteiger charge is 2.50. The number of hydroxylamine groups is 2. The van der Waals surface area contributed by atoms with Gasteiger partial charge in [-0.25, -0.2) is 9.63 Å². The first-order chi connectivity index (χ1) is 14.0. The molecule has 29 heavy (non-hydrogen) atoms. The monoisotopic (exact) mass is 397 g/mol. The molecule has 1 aliphatic heterocycles. The molecular formula is C24H31NO4. The smallest absolute Gasteiger partial charge is 0.434 e. The summed E-state index contributed by atoms with van der Waals surface area (Å²) in [7, 11) is 0. The summed E-state index contributed by atoms with van der Waals surface area (Å²) in [6, 6.07) is 19.3. The van der Waals surface area contributed by atoms with Crippen LogP contribution in [0.2, 0.25) is 0 Å². The third-order valence-electron chi connectivity index (χ3n) is 4.98. The number of amides is 1. The highest BCUT2D eigenvalue weighted by atomic mass is 16.8. The molecule has 0 bridgehead atoms. The molecule has 3 rings (SSSR count). The van der Waals surface area contributed by atoms with Gasteiger partial charge in [-0.3, -0.25) is 0 Å². The highest BCUT2D eigenvalue weighted by molar-refractivity contribution is 5.67. The van der Waals surface area contributed by atoms with Gasteiger partial charge in [0.25, 0.3) is 0 Å². The van der Waals surface area contributed by atoms with E-state index in [0.717, 1.165) is 30.4 Å². The number of hydrogen-bond donors (Lipinski definition) is 0. The van der Waals surface area contributed by atoms with E-state index in [1.165, 1.54) is 5.06 Å². The van der Waals surface area contributed by atoms with Gasteiger partial charge in [-0.2, -0.15) is 5.06 Å². The summed E-state index contributed by atoms with van der Waals surface area (Å²) >= 11 is 0. The molecule has 2 aromatic carbocycles. The van der Waals surface area contributed by atoms with Crippen molar-refractivity contribution in [1.29, 1.82) is 0 Å². The standard InChI is InChI=1S/C24H31NO4/c1-4-5-16-24(28-19(2)3)17-22(21-14-10-7-11-15-21)25(29-24)23(26)27-18-20-12-8-6-9-13-20/h6-15,19,22H,4-5,16-18H2,1-3H3/t22-,24-/m0/s1. The second kappa shape index (κ2) is 9.90. The van der Waals surface area contributed by atoms with Gasteiger partial charge in [0.1, 0.15) is 6.61 Å². The molecule has 1 saturated heterocycles. The van der Waals surface area contributed by atoms with Crippen molar-refractivity contribution in [2.75, 3.05) is 0 Å². The Hall–Kier alpha value is -2.37. The van der Waals surface area contributed by atoms with Crippen molar-refractivity contribution in [2.45, 2.75) is 71.0 Å². The van der Waals surface area contributed by atoms with Crippen molar-refractivity contribution in [2.24, 2.45) is 0 Å². The third kappa shape index (κ3) is 5.58. The Morgan fingerprint density at radius 2 is 1.79 bits per heavy atom. The van der Waals surface area contributed by atoms with E-state index in [-0.39, 0.29) is 18.8 Å². The van der Waals surface area contributed by atoms with Gasteiger partial charge < -0.3 is 9.47 Å². The molecule has 0 saturated carbocycles. The van der Waals surface area contributed by atoms with Crippen molar-refractivity contribution >= 4 is 6.09 Å². The van der Waals surface area contributed by atoms with Crippen LogP contribution in [0.25, 0.3) is 0 Å². The van der Waals surface area contributed by atoms with Gasteiger partial charge >= 0.3 is 6.09 Å². The zero-order valence-electron chi connectivity index (χ0n) is 17.5. The normalized spacial score (nSPS) is 21.5. The number of carbonyl (C=O) groups is 1. The molecule has 0 radical (unpaired) electrons. The summed E-state index contributed by atoms with van der Waals surface area (Å²) in [6.45, 7) is 6.32. The van der Waals surface area contributed by atoms with E-state index in [2.05, 4.69) is 6.92 Å². The molecule has 0 spiro atoms. The van der Waals surface area contributed by atoms with Gasteiger partial charge in [-0.05, 0) is 31.4 Å². The van der Waals surface area contributed by atoms with E-state index < -0.39 is 11.9 Å². The average Bonchev–Trinajstić information content (AvgIpc) is 3.11. The number of nitrogens with zero attached hydrogens (tertiary/aromatic N) is 1. The van der Waals surface area contributed by atoms with E-state index in [9.17, 15) is 4.79 Å². The number of ether oxygens (including phenoxy) is 2. The Morgan fingerprint density at radius 1 is 1.14 bits per heavy atom. The maximum atomic E-state index is 13.0. The summed E-state index contributed by atoms with van der Waals surface area (Å²) in [4.78, 5) is 19.2. The second-order valence-electron chi connectivity index (χ2n) is 7.77. The first-order valence-electron chi connectivity index (χ1n) is 10.4. The van der Waals surface area contributed by atoms with Crippen LogP contribution in [-0.4, -0.2) is 23.0 Å². The number of rotatable bonds is 8. The fourth-order valence-electron chi connectivity index (χ4n) is 3.69. The summed E-state index contributed by atoms with van der Waals surface area (Å²) in [5, 5.41) is 1.37. The van der Waals surface area contributed by atoms with Crippen LogP contribution in [0, 0.1) is 0 Å². The first kappa shape index (κ1) is 21.3. The van der Waals surface area contributed by atoms with E-state index in [1.807, 2.05) is 74.5 Å². The van der Waals surface area contributed by atoms with Crippen molar-refractivity contribution in [3.63, 3.8) is 0 Å². The summed E-state index contributed by atoms with van der Waals surface area (Å²) in [5.74, 6) is -0.823. The van der Waals surface area contributed by atoms with Gasteiger partial charge in [-0.15, -0.1) is 0 Å². The summed E-state index contributed by atoms with van der Waals surface area (Å²) in [5.41, 5.74) is 1.95. The van der Waals surface area contributed by atoms with E-state index in [0.29, 0.717) is 6.42 Å². The Morgan fingerprint density at radius 3 is 2.41 bits per heavy atom. The van der Waals surface area contributed by atoms with Crippen LogP contribution in [0.15, 0.2) is 60.7 Å². The molecule has 5 nitrogen and oxygen atoms in total. The number of hydrogen-bond acceptors (Lipinski definition) is 4. The minimum Gasteiger partial charge on any atom is -0.443 e. The van der Waals surface area contributed by atoms with Crippen molar-refractivity contribution < 1.29 is 19.1 Å². The highest BCUT2D eigenvalue weighted by Crippen LogP contribution is 2.44. The Labute approximate surface area is 173 Å². The fourth-order valence-corrected chi connectivity index (χ4v) is 3.69. The quantitative estimate of drug-likeness (QED) is 0.547. The minimum absolute atomic E-state index is 0.0106. The van der Waals surface area contributed by atoms with E-state index in [1.54, 1.807) is 0 Å². The zero-order chi connectivity index (χ0) is 20.7. The van der Waals surface area contributed by atoms with Crippen LogP contribution in [0.1, 0.15) is 63.6 Å². The lowest BCUT2D eigenvalue weighted by atomic mass is 9.96. The second-order valence-corrected chi connectivity index (χ2v) is 7.77. The molecule has 5 heteroatoms. The van der Waals surface area contributed by atoms with Gasteiger partial charge in [0.15, 0.2) is 5.79 Å². The molecule has 0 N–H and O–H groups in total. The molecule has 156 valence electrons. The van der Waals surface area contributed by atoms with Crippen molar-refractivity contribution in [3.8, 4) is 0 Å². The lowest BCUT2D eigenvalue weighted by molar-refractivity contribution is -0.305. The average molecular weight is 398 g/mol. The Balaban J connectivity index is 1.81. The topological polar surface area (TPSA) is 48.0 Å². The SMILES string of the molecule is CCCC[C@@]1(OC(C)C)C[C@@H](c2ccccc2)N(C(=O)OCc2ccccc2)O1. The Bertz CT molecular complexity index is 765.